The Bertz CT molecular complexity index is 2660. The van der Waals surface area contributed by atoms with Gasteiger partial charge in [-0.1, -0.05) is 46.4 Å². The number of rotatable bonds is 7. The van der Waals surface area contributed by atoms with Crippen LogP contribution >= 0.6 is 46.4 Å². The first-order valence-corrected chi connectivity index (χ1v) is 17.5. The number of halogens is 7. The molecule has 1 unspecified atom stereocenters. The Kier molecular flexibility index (Phi) is 15.1. The van der Waals surface area contributed by atoms with E-state index in [2.05, 4.69) is 30.7 Å². The molecule has 0 amide bonds. The molecule has 8 aromatic rings. The van der Waals surface area contributed by atoms with Crippen LogP contribution in [0.4, 0.5) is 8.78 Å². The molecule has 18 heteroatoms. The molecule has 10 nitrogen and oxygen atoms in total. The third kappa shape index (κ3) is 9.39. The molecule has 0 aliphatic rings. The molecule has 0 aliphatic carbocycles. The Labute approximate surface area is 367 Å². The van der Waals surface area contributed by atoms with Crippen LogP contribution in [-0.4, -0.2) is 68.1 Å². The molecule has 1 atom stereocenters. The fraction of sp³-hybridized carbons (Fsp3) is 0.105. The standard InChI is InChI=1S/C19H16Cl2FN5.C18H12Cl2FN5.CH3.BrH.Mg/c1-11(18-14(20)3-4-15(22)19(18)21)25-27-6-5-16-17(27)7-12(8-23-16)13-9-24-26(2)10-13;1-25-10-12(8-23-25)11-6-17-16(22-7-11)4-5-26(17)24-9-13-14(19)2-3-15(21)18(13)20;;;/h3-11,25H,1-2H3;2-10H,1H3;1H3;1H;/q;;-1;;+2/p-1/b;24-9+;;;. The fourth-order valence-electron chi connectivity index (χ4n) is 5.67. The third-order valence-corrected chi connectivity index (χ3v) is 9.80. The summed E-state index contributed by atoms with van der Waals surface area (Å²) in [6, 6.07) is 12.8. The number of nitrogens with zero attached hydrogens (tertiary/aromatic N) is 9. The maximum absolute atomic E-state index is 13.9. The van der Waals surface area contributed by atoms with Crippen LogP contribution in [0.25, 0.3) is 44.3 Å². The van der Waals surface area contributed by atoms with Gasteiger partial charge in [-0.2, -0.15) is 15.3 Å². The average molecular weight is 912 g/mol. The number of hydrogen-bond acceptors (Lipinski definition) is 6. The van der Waals surface area contributed by atoms with Crippen molar-refractivity contribution in [1.82, 2.24) is 38.9 Å². The molecule has 1 N–H and O–H groups in total. The molecule has 6 aromatic heterocycles. The zero-order valence-electron chi connectivity index (χ0n) is 30.3. The van der Waals surface area contributed by atoms with Crippen LogP contribution in [0.15, 0.2) is 103 Å². The molecule has 0 aliphatic heterocycles. The van der Waals surface area contributed by atoms with Gasteiger partial charge >= 0.3 is 23.1 Å². The molecule has 0 radical (unpaired) electrons. The van der Waals surface area contributed by atoms with E-state index in [1.807, 2.05) is 74.7 Å². The van der Waals surface area contributed by atoms with Gasteiger partial charge in [0.15, 0.2) is 0 Å². The van der Waals surface area contributed by atoms with Crippen LogP contribution in [0.3, 0.4) is 0 Å². The Morgan fingerprint density at radius 3 is 1.84 bits per heavy atom. The fourth-order valence-corrected chi connectivity index (χ4v) is 6.84. The Morgan fingerprint density at radius 1 is 0.714 bits per heavy atom. The maximum Gasteiger partial charge on any atom is 2.00 e. The van der Waals surface area contributed by atoms with Gasteiger partial charge in [-0.15, -0.1) is 0 Å². The number of hydrogen-bond donors (Lipinski definition) is 1. The first-order valence-electron chi connectivity index (χ1n) is 16.0. The molecule has 0 saturated carbocycles. The van der Waals surface area contributed by atoms with Gasteiger partial charge in [0.1, 0.15) is 11.6 Å². The van der Waals surface area contributed by atoms with E-state index < -0.39 is 11.6 Å². The summed E-state index contributed by atoms with van der Waals surface area (Å²) in [5.74, 6) is -1.04. The van der Waals surface area contributed by atoms with Gasteiger partial charge in [0.25, 0.3) is 0 Å². The second kappa shape index (κ2) is 18.9. The van der Waals surface area contributed by atoms with Gasteiger partial charge in [-0.05, 0) is 55.5 Å². The molecule has 0 fully saturated rings. The van der Waals surface area contributed by atoms with Gasteiger partial charge in [0.05, 0.1) is 61.8 Å². The van der Waals surface area contributed by atoms with Crippen LogP contribution in [-0.2, 0) is 14.1 Å². The topological polar surface area (TPSA) is 95.7 Å². The summed E-state index contributed by atoms with van der Waals surface area (Å²) in [5, 5.41) is 13.4. The zero-order valence-corrected chi connectivity index (χ0v) is 36.3. The van der Waals surface area contributed by atoms with Crippen LogP contribution in [0.5, 0.6) is 0 Å². The van der Waals surface area contributed by atoms with Crippen molar-refractivity contribution in [2.24, 2.45) is 19.2 Å². The average Bonchev–Trinajstić information content (AvgIpc) is 3.96. The molecule has 56 heavy (non-hydrogen) atoms. The zero-order chi connectivity index (χ0) is 37.4. The summed E-state index contributed by atoms with van der Waals surface area (Å²) >= 11 is 24.4. The molecule has 8 rings (SSSR count). The molecule has 0 saturated heterocycles. The first-order chi connectivity index (χ1) is 25.5. The second-order valence-corrected chi connectivity index (χ2v) is 13.6. The molecule has 0 bridgehead atoms. The third-order valence-electron chi connectivity index (χ3n) is 8.37. The van der Waals surface area contributed by atoms with E-state index >= 15 is 0 Å². The summed E-state index contributed by atoms with van der Waals surface area (Å²) < 4.78 is 34.4. The number of fused-ring (bicyclic) bond motifs is 2. The van der Waals surface area contributed by atoms with Crippen molar-refractivity contribution in [1.29, 1.82) is 0 Å². The van der Waals surface area contributed by atoms with Gasteiger partial charge in [-0.25, -0.2) is 13.5 Å². The molecular weight excluding hydrogens is 881 g/mol. The van der Waals surface area contributed by atoms with E-state index in [1.165, 1.54) is 30.5 Å². The van der Waals surface area contributed by atoms with Crippen molar-refractivity contribution >= 4 is 97.7 Å². The van der Waals surface area contributed by atoms with Crippen LogP contribution < -0.4 is 22.4 Å². The van der Waals surface area contributed by atoms with Gasteiger partial charge < -0.3 is 29.8 Å². The van der Waals surface area contributed by atoms with Crippen molar-refractivity contribution < 1.29 is 25.8 Å². The smallest absolute Gasteiger partial charge is 1.00 e. The van der Waals surface area contributed by atoms with Crippen LogP contribution in [0, 0.1) is 19.1 Å². The van der Waals surface area contributed by atoms with Crippen molar-refractivity contribution in [2.75, 3.05) is 5.43 Å². The van der Waals surface area contributed by atoms with Gasteiger partial charge in [-0.3, -0.25) is 24.0 Å². The van der Waals surface area contributed by atoms with Gasteiger partial charge in [0.2, 0.25) is 0 Å². The SMILES string of the molecule is CC(Nn1ccc2ncc(-c3cnn(C)c3)cc21)c1c(Cl)ccc(F)c1Cl.Cn1cc(-c2cnc3ccn(/N=C/c4c(Cl)ccc(F)c4Cl)c3c2)cn1.[Br-].[CH3-].[Mg+2]. The quantitative estimate of drug-likeness (QED) is 0.0803. The van der Waals surface area contributed by atoms with E-state index in [9.17, 15) is 8.78 Å². The Balaban J connectivity index is 0.000000236. The Morgan fingerprint density at radius 2 is 1.25 bits per heavy atom. The minimum absolute atomic E-state index is 0. The van der Waals surface area contributed by atoms with E-state index in [-0.39, 0.29) is 63.5 Å². The monoisotopic (exact) mass is 908 g/mol. The van der Waals surface area contributed by atoms with Crippen molar-refractivity contribution in [3.8, 4) is 22.3 Å². The maximum atomic E-state index is 13.9. The largest absolute Gasteiger partial charge is 2.00 e. The molecular formula is C38H31BrCl4F2MgN10. The Hall–Kier alpha value is -4.02. The number of aromatic nitrogens is 8. The van der Waals surface area contributed by atoms with Crippen molar-refractivity contribution in [2.45, 2.75) is 13.0 Å². The van der Waals surface area contributed by atoms with E-state index in [0.717, 1.165) is 44.3 Å². The number of aryl methyl sites for hydroxylation is 2. The minimum Gasteiger partial charge on any atom is -1.00 e. The summed E-state index contributed by atoms with van der Waals surface area (Å²) in [6.45, 7) is 1.87. The predicted molar refractivity (Wildman–Crippen MR) is 220 cm³/mol. The first kappa shape index (κ1) is 44.7. The van der Waals surface area contributed by atoms with E-state index in [0.29, 0.717) is 21.2 Å². The summed E-state index contributed by atoms with van der Waals surface area (Å²) in [7, 11) is 3.72. The van der Waals surface area contributed by atoms with E-state index in [4.69, 9.17) is 46.4 Å². The second-order valence-electron chi connectivity index (χ2n) is 12.0. The summed E-state index contributed by atoms with van der Waals surface area (Å²) in [6.07, 6.45) is 16.1. The molecule has 284 valence electrons. The molecule has 0 spiro atoms. The summed E-state index contributed by atoms with van der Waals surface area (Å²) in [5.41, 5.74) is 11.2. The molecule has 2 aromatic carbocycles. The normalized spacial score (nSPS) is 11.4. The predicted octanol–water partition coefficient (Wildman–Crippen LogP) is 7.03. The number of pyridine rings is 2. The summed E-state index contributed by atoms with van der Waals surface area (Å²) in [4.78, 5) is 8.95. The van der Waals surface area contributed by atoms with Crippen LogP contribution in [0.1, 0.15) is 24.1 Å². The van der Waals surface area contributed by atoms with E-state index in [1.54, 1.807) is 38.8 Å². The number of benzene rings is 2. The number of nitrogens with one attached hydrogen (secondary N) is 1. The van der Waals surface area contributed by atoms with Crippen molar-refractivity contribution in [3.63, 3.8) is 0 Å². The minimum atomic E-state index is -0.546. The van der Waals surface area contributed by atoms with Gasteiger partial charge in [0, 0.05) is 89.7 Å². The van der Waals surface area contributed by atoms with Crippen LogP contribution in [0.2, 0.25) is 20.1 Å². The molecule has 6 heterocycles. The van der Waals surface area contributed by atoms with Crippen molar-refractivity contribution in [3.05, 3.63) is 148 Å².